The van der Waals surface area contributed by atoms with Gasteiger partial charge in [0.25, 0.3) is 0 Å². The highest BCUT2D eigenvalue weighted by atomic mass is 32.2. The zero-order valence-corrected chi connectivity index (χ0v) is 16.7. The average molecular weight is 389 g/mol. The van der Waals surface area contributed by atoms with Gasteiger partial charge in [0.2, 0.25) is 10.0 Å². The number of hydrogen-bond acceptors (Lipinski definition) is 5. The van der Waals surface area contributed by atoms with Crippen molar-refractivity contribution in [2.24, 2.45) is 0 Å². The number of sulfonamides is 1. The van der Waals surface area contributed by atoms with Gasteiger partial charge in [0.1, 0.15) is 5.76 Å². The summed E-state index contributed by atoms with van der Waals surface area (Å²) in [6.07, 6.45) is 1.49. The Labute approximate surface area is 160 Å². The number of furan rings is 1. The van der Waals surface area contributed by atoms with E-state index in [1.807, 2.05) is 6.92 Å². The molecule has 0 unspecified atom stereocenters. The minimum absolute atomic E-state index is 0.0475. The Bertz CT molecular complexity index is 933. The topological polar surface area (TPSA) is 76.8 Å². The highest BCUT2D eigenvalue weighted by Crippen LogP contribution is 2.19. The van der Waals surface area contributed by atoms with Gasteiger partial charge in [-0.25, -0.2) is 8.42 Å². The quantitative estimate of drug-likeness (QED) is 0.560. The van der Waals surface area contributed by atoms with Gasteiger partial charge >= 0.3 is 5.97 Å². The molecule has 0 amide bonds. The lowest BCUT2D eigenvalue weighted by atomic mass is 10.1. The summed E-state index contributed by atoms with van der Waals surface area (Å²) in [5.41, 5.74) is -0.0371. The molecule has 0 saturated heterocycles. The summed E-state index contributed by atoms with van der Waals surface area (Å²) in [6.45, 7) is 6.46. The van der Waals surface area contributed by atoms with Crippen LogP contribution in [0.3, 0.4) is 0 Å². The molecule has 0 aliphatic carbocycles. The number of esters is 1. The van der Waals surface area contributed by atoms with Crippen LogP contribution in [0.5, 0.6) is 0 Å². The lowest BCUT2D eigenvalue weighted by Gasteiger charge is -2.20. The summed E-state index contributed by atoms with van der Waals surface area (Å²) in [5.74, 6) is 5.67. The third-order valence-corrected chi connectivity index (χ3v) is 5.42. The van der Waals surface area contributed by atoms with E-state index in [1.54, 1.807) is 50.2 Å². The number of hydrogen-bond donors (Lipinski definition) is 0. The molecule has 1 aromatic heterocycles. The predicted octanol–water partition coefficient (Wildman–Crippen LogP) is 3.12. The Hall–Kier alpha value is -2.56. The van der Waals surface area contributed by atoms with Crippen LogP contribution in [0.2, 0.25) is 0 Å². The molecule has 2 rings (SSSR count). The maximum absolute atomic E-state index is 13.0. The molecule has 0 saturated carbocycles. The third-order valence-electron chi connectivity index (χ3n) is 3.61. The first-order valence-corrected chi connectivity index (χ1v) is 9.83. The first kappa shape index (κ1) is 20.7. The van der Waals surface area contributed by atoms with Crippen LogP contribution in [0.4, 0.5) is 0 Å². The molecule has 6 nitrogen and oxygen atoms in total. The van der Waals surface area contributed by atoms with Gasteiger partial charge in [-0.2, -0.15) is 4.31 Å². The van der Waals surface area contributed by atoms with E-state index in [9.17, 15) is 13.2 Å². The lowest BCUT2D eigenvalue weighted by molar-refractivity contribution is -0.148. The summed E-state index contributed by atoms with van der Waals surface area (Å²) in [6, 6.07) is 10.0. The van der Waals surface area contributed by atoms with Gasteiger partial charge in [0, 0.05) is 6.92 Å². The number of carbonyl (C=O) groups excluding carboxylic acids is 1. The highest BCUT2D eigenvalue weighted by molar-refractivity contribution is 7.89. The molecule has 0 radical (unpaired) electrons. The summed E-state index contributed by atoms with van der Waals surface area (Å²) in [7, 11) is -3.77. The largest absolute Gasteiger partial charge is 0.468 e. The number of carbonyl (C=O) groups is 1. The molecule has 0 N–H and O–H groups in total. The van der Waals surface area contributed by atoms with Crippen LogP contribution in [0.25, 0.3) is 0 Å². The van der Waals surface area contributed by atoms with Crippen molar-refractivity contribution >= 4 is 16.0 Å². The first-order chi connectivity index (χ1) is 12.6. The van der Waals surface area contributed by atoms with Gasteiger partial charge < -0.3 is 9.15 Å². The molecule has 1 heterocycles. The van der Waals surface area contributed by atoms with Crippen LogP contribution < -0.4 is 0 Å². The van der Waals surface area contributed by atoms with Crippen LogP contribution in [-0.4, -0.2) is 30.8 Å². The first-order valence-electron chi connectivity index (χ1n) is 8.39. The van der Waals surface area contributed by atoms with Crippen molar-refractivity contribution in [1.29, 1.82) is 0 Å². The number of nitrogens with zero attached hydrogens (tertiary/aromatic N) is 1. The van der Waals surface area contributed by atoms with E-state index in [0.29, 0.717) is 5.76 Å². The second kappa shape index (κ2) is 8.42. The molecule has 0 aliphatic heterocycles. The Morgan fingerprint density at radius 2 is 1.89 bits per heavy atom. The van der Waals surface area contributed by atoms with E-state index in [0.717, 1.165) is 5.56 Å². The zero-order valence-electron chi connectivity index (χ0n) is 15.9. The monoisotopic (exact) mass is 389 g/mol. The lowest BCUT2D eigenvalue weighted by Crippen LogP contribution is -2.31. The van der Waals surface area contributed by atoms with Gasteiger partial charge in [-0.1, -0.05) is 29.5 Å². The van der Waals surface area contributed by atoms with Crippen molar-refractivity contribution in [3.8, 4) is 11.8 Å². The molecule has 0 aliphatic rings. The van der Waals surface area contributed by atoms with Gasteiger partial charge in [-0.3, -0.25) is 4.79 Å². The number of rotatable bonds is 6. The van der Waals surface area contributed by atoms with Crippen molar-refractivity contribution in [3.63, 3.8) is 0 Å². The summed E-state index contributed by atoms with van der Waals surface area (Å²) >= 11 is 0. The fraction of sp³-hybridized carbons (Fsp3) is 0.350. The molecule has 0 spiro atoms. The van der Waals surface area contributed by atoms with Crippen LogP contribution in [0, 0.1) is 18.8 Å². The Balaban J connectivity index is 2.29. The second-order valence-electron chi connectivity index (χ2n) is 6.57. The smallest absolute Gasteiger partial charge is 0.304 e. The minimum atomic E-state index is -3.77. The molecule has 1 aromatic carbocycles. The summed E-state index contributed by atoms with van der Waals surface area (Å²) < 4.78 is 37.7. The molecule has 0 bridgehead atoms. The average Bonchev–Trinajstić information content (AvgIpc) is 3.06. The normalized spacial score (nSPS) is 11.7. The summed E-state index contributed by atoms with van der Waals surface area (Å²) in [5, 5.41) is 0. The predicted molar refractivity (Wildman–Crippen MR) is 101 cm³/mol. The van der Waals surface area contributed by atoms with E-state index >= 15 is 0 Å². The fourth-order valence-electron chi connectivity index (χ4n) is 2.39. The van der Waals surface area contributed by atoms with E-state index in [2.05, 4.69) is 11.8 Å². The maximum Gasteiger partial charge on any atom is 0.304 e. The van der Waals surface area contributed by atoms with Crippen LogP contribution >= 0.6 is 0 Å². The molecule has 7 heteroatoms. The van der Waals surface area contributed by atoms with Crippen LogP contribution in [0.15, 0.2) is 52.0 Å². The van der Waals surface area contributed by atoms with Crippen molar-refractivity contribution in [2.45, 2.75) is 44.7 Å². The Morgan fingerprint density at radius 1 is 1.22 bits per heavy atom. The van der Waals surface area contributed by atoms with Crippen molar-refractivity contribution in [2.75, 3.05) is 6.54 Å². The van der Waals surface area contributed by atoms with Gasteiger partial charge in [-0.05, 0) is 45.0 Å². The zero-order chi connectivity index (χ0) is 20.1. The minimum Gasteiger partial charge on any atom is -0.468 e. The van der Waals surface area contributed by atoms with E-state index < -0.39 is 21.6 Å². The number of benzene rings is 1. The molecule has 2 aromatic rings. The SMILES string of the molecule is CC(=O)OC(C)(C)C#CCN(Cc1ccco1)S(=O)(=O)c1ccc(C)cc1. The van der Waals surface area contributed by atoms with Crippen molar-refractivity contribution in [1.82, 2.24) is 4.31 Å². The fourth-order valence-corrected chi connectivity index (χ4v) is 3.70. The Kier molecular flexibility index (Phi) is 6.47. The number of ether oxygens (including phenoxy) is 1. The summed E-state index contributed by atoms with van der Waals surface area (Å²) in [4.78, 5) is 11.3. The van der Waals surface area contributed by atoms with Crippen LogP contribution in [0.1, 0.15) is 32.1 Å². The number of aryl methyl sites for hydroxylation is 1. The molecular weight excluding hydrogens is 366 g/mol. The molecule has 27 heavy (non-hydrogen) atoms. The van der Waals surface area contributed by atoms with Gasteiger partial charge in [-0.15, -0.1) is 0 Å². The Morgan fingerprint density at radius 3 is 2.44 bits per heavy atom. The highest BCUT2D eigenvalue weighted by Gasteiger charge is 2.25. The molecule has 0 fully saturated rings. The standard InChI is InChI=1S/C20H23NO5S/c1-16-8-10-19(11-9-16)27(23,24)21(15-18-7-5-14-25-18)13-6-12-20(3,4)26-17(2)22/h5,7-11,14H,13,15H2,1-4H3. The maximum atomic E-state index is 13.0. The third kappa shape index (κ3) is 5.98. The van der Waals surface area contributed by atoms with E-state index in [-0.39, 0.29) is 18.0 Å². The van der Waals surface area contributed by atoms with Crippen molar-refractivity contribution in [3.05, 3.63) is 54.0 Å². The molecular formula is C20H23NO5S. The van der Waals surface area contributed by atoms with E-state index in [4.69, 9.17) is 9.15 Å². The molecule has 0 atom stereocenters. The van der Waals surface area contributed by atoms with Crippen molar-refractivity contribution < 1.29 is 22.4 Å². The molecule has 144 valence electrons. The second-order valence-corrected chi connectivity index (χ2v) is 8.51. The van der Waals surface area contributed by atoms with Gasteiger partial charge in [0.05, 0.1) is 24.2 Å². The van der Waals surface area contributed by atoms with Crippen LogP contribution in [-0.2, 0) is 26.1 Å². The van der Waals surface area contributed by atoms with Gasteiger partial charge in [0.15, 0.2) is 5.60 Å². The van der Waals surface area contributed by atoms with E-state index in [1.165, 1.54) is 17.5 Å².